The molecule has 6 nitrogen and oxygen atoms in total. The molecule has 0 atom stereocenters. The van der Waals surface area contributed by atoms with E-state index >= 15 is 0 Å². The molecule has 0 radical (unpaired) electrons. The molecule has 0 fully saturated rings. The number of fused-ring (bicyclic) bond motifs is 1. The number of carbonyl (C=O) groups is 1. The minimum Gasteiger partial charge on any atom is -0.296 e. The largest absolute Gasteiger partial charge is 0.296 e. The zero-order valence-electron chi connectivity index (χ0n) is 13.5. The van der Waals surface area contributed by atoms with Gasteiger partial charge in [-0.05, 0) is 36.2 Å². The van der Waals surface area contributed by atoms with Crippen LogP contribution in [0.5, 0.6) is 0 Å². The minimum atomic E-state index is -0.322. The molecular weight excluding hydrogens is 334 g/mol. The first-order valence-electron chi connectivity index (χ1n) is 7.91. The summed E-state index contributed by atoms with van der Waals surface area (Å²) < 4.78 is 2.63. The van der Waals surface area contributed by atoms with Crippen molar-refractivity contribution in [1.82, 2.24) is 20.0 Å². The third-order valence-corrected chi connectivity index (χ3v) is 4.76. The van der Waals surface area contributed by atoms with Crippen molar-refractivity contribution >= 4 is 32.6 Å². The van der Waals surface area contributed by atoms with Gasteiger partial charge in [0, 0.05) is 0 Å². The van der Waals surface area contributed by atoms with E-state index in [0.717, 1.165) is 22.3 Å². The van der Waals surface area contributed by atoms with E-state index < -0.39 is 0 Å². The van der Waals surface area contributed by atoms with Gasteiger partial charge in [-0.15, -0.1) is 5.10 Å². The molecule has 4 aromatic rings. The van der Waals surface area contributed by atoms with Crippen molar-refractivity contribution in [2.75, 3.05) is 5.32 Å². The van der Waals surface area contributed by atoms with Crippen molar-refractivity contribution in [3.63, 3.8) is 0 Å². The second kappa shape index (κ2) is 6.45. The van der Waals surface area contributed by atoms with Gasteiger partial charge >= 0.3 is 0 Å². The number of thiazole rings is 1. The Morgan fingerprint density at radius 3 is 2.84 bits per heavy atom. The average Bonchev–Trinajstić information content (AvgIpc) is 3.28. The molecular formula is C18H15N5OS. The standard InChI is InChI=1S/C18H15N5OS/c1-2-12-8-9-14-16(10-12)25-18(19-14)20-17(24)15-11-23(22-21-15)13-6-4-3-5-7-13/h3-11H,2H2,1H3,(H,19,20,24). The van der Waals surface area contributed by atoms with Crippen LogP contribution in [-0.2, 0) is 6.42 Å². The van der Waals surface area contributed by atoms with Crippen molar-refractivity contribution in [2.45, 2.75) is 13.3 Å². The van der Waals surface area contributed by atoms with Crippen LogP contribution in [-0.4, -0.2) is 25.9 Å². The van der Waals surface area contributed by atoms with Crippen LogP contribution in [0.25, 0.3) is 15.9 Å². The maximum atomic E-state index is 12.4. The molecule has 0 bridgehead atoms. The van der Waals surface area contributed by atoms with E-state index in [-0.39, 0.29) is 11.6 Å². The third-order valence-electron chi connectivity index (χ3n) is 3.83. The van der Waals surface area contributed by atoms with Crippen LogP contribution in [0.3, 0.4) is 0 Å². The van der Waals surface area contributed by atoms with Gasteiger partial charge in [-0.1, -0.05) is 47.7 Å². The van der Waals surface area contributed by atoms with Crippen molar-refractivity contribution in [2.24, 2.45) is 0 Å². The zero-order chi connectivity index (χ0) is 17.2. The van der Waals surface area contributed by atoms with Gasteiger partial charge in [0.15, 0.2) is 10.8 Å². The molecule has 0 aliphatic rings. The minimum absolute atomic E-state index is 0.248. The Morgan fingerprint density at radius 2 is 2.04 bits per heavy atom. The van der Waals surface area contributed by atoms with Gasteiger partial charge in [-0.25, -0.2) is 9.67 Å². The molecule has 124 valence electrons. The molecule has 0 saturated heterocycles. The lowest BCUT2D eigenvalue weighted by Gasteiger charge is -1.98. The molecule has 1 amide bonds. The summed E-state index contributed by atoms with van der Waals surface area (Å²) in [6, 6.07) is 15.7. The maximum absolute atomic E-state index is 12.4. The lowest BCUT2D eigenvalue weighted by molar-refractivity contribution is 0.102. The molecule has 0 saturated carbocycles. The number of rotatable bonds is 4. The fourth-order valence-electron chi connectivity index (χ4n) is 2.48. The fraction of sp³-hybridized carbons (Fsp3) is 0.111. The first-order valence-corrected chi connectivity index (χ1v) is 8.73. The van der Waals surface area contributed by atoms with Crippen molar-refractivity contribution < 1.29 is 4.79 Å². The number of hydrogen-bond acceptors (Lipinski definition) is 5. The summed E-state index contributed by atoms with van der Waals surface area (Å²) in [7, 11) is 0. The summed E-state index contributed by atoms with van der Waals surface area (Å²) in [5, 5.41) is 11.3. The van der Waals surface area contributed by atoms with Crippen LogP contribution in [0, 0.1) is 0 Å². The van der Waals surface area contributed by atoms with Gasteiger partial charge < -0.3 is 0 Å². The number of benzene rings is 2. The maximum Gasteiger partial charge on any atom is 0.279 e. The van der Waals surface area contributed by atoms with Crippen LogP contribution >= 0.6 is 11.3 Å². The fourth-order valence-corrected chi connectivity index (χ4v) is 3.40. The van der Waals surface area contributed by atoms with Gasteiger partial charge in [0.2, 0.25) is 0 Å². The first kappa shape index (κ1) is 15.5. The van der Waals surface area contributed by atoms with Gasteiger partial charge in [-0.2, -0.15) is 0 Å². The summed E-state index contributed by atoms with van der Waals surface area (Å²) in [5.74, 6) is -0.322. The first-order chi connectivity index (χ1) is 12.2. The summed E-state index contributed by atoms with van der Waals surface area (Å²) >= 11 is 1.45. The predicted molar refractivity (Wildman–Crippen MR) is 98.3 cm³/mol. The Kier molecular flexibility index (Phi) is 3.99. The highest BCUT2D eigenvalue weighted by atomic mass is 32.1. The molecule has 4 rings (SSSR count). The van der Waals surface area contributed by atoms with Crippen molar-refractivity contribution in [3.8, 4) is 5.69 Å². The van der Waals surface area contributed by atoms with E-state index in [9.17, 15) is 4.79 Å². The third kappa shape index (κ3) is 3.14. The Labute approximate surface area is 148 Å². The number of hydrogen-bond donors (Lipinski definition) is 1. The van der Waals surface area contributed by atoms with E-state index in [1.54, 1.807) is 10.9 Å². The number of amides is 1. The van der Waals surface area contributed by atoms with Crippen LogP contribution in [0.15, 0.2) is 54.7 Å². The number of aromatic nitrogens is 4. The Morgan fingerprint density at radius 1 is 1.20 bits per heavy atom. The van der Waals surface area contributed by atoms with Gasteiger partial charge in [0.1, 0.15) is 0 Å². The smallest absolute Gasteiger partial charge is 0.279 e. The van der Waals surface area contributed by atoms with E-state index in [1.165, 1.54) is 16.9 Å². The molecule has 0 aliphatic carbocycles. The topological polar surface area (TPSA) is 72.7 Å². The van der Waals surface area contributed by atoms with Gasteiger partial charge in [0.25, 0.3) is 5.91 Å². The van der Waals surface area contributed by atoms with Crippen LogP contribution < -0.4 is 5.32 Å². The molecule has 2 aromatic carbocycles. The zero-order valence-corrected chi connectivity index (χ0v) is 14.3. The summed E-state index contributed by atoms with van der Waals surface area (Å²) in [6.07, 6.45) is 2.57. The van der Waals surface area contributed by atoms with E-state index in [2.05, 4.69) is 39.7 Å². The second-order valence-electron chi connectivity index (χ2n) is 5.51. The number of nitrogens with zero attached hydrogens (tertiary/aromatic N) is 4. The number of carbonyl (C=O) groups excluding carboxylic acids is 1. The van der Waals surface area contributed by atoms with E-state index in [1.807, 2.05) is 36.4 Å². The molecule has 2 heterocycles. The van der Waals surface area contributed by atoms with Gasteiger partial charge in [-0.3, -0.25) is 10.1 Å². The lowest BCUT2D eigenvalue weighted by atomic mass is 10.2. The number of anilines is 1. The van der Waals surface area contributed by atoms with Crippen LogP contribution in [0.1, 0.15) is 23.0 Å². The number of para-hydroxylation sites is 1. The summed E-state index contributed by atoms with van der Waals surface area (Å²) in [6.45, 7) is 2.11. The SMILES string of the molecule is CCc1ccc2nc(NC(=O)c3cn(-c4ccccc4)nn3)sc2c1. The predicted octanol–water partition coefficient (Wildman–Crippen LogP) is 3.69. The van der Waals surface area contributed by atoms with E-state index in [0.29, 0.717) is 5.13 Å². The van der Waals surface area contributed by atoms with Gasteiger partial charge in [0.05, 0.1) is 22.1 Å². The molecule has 25 heavy (non-hydrogen) atoms. The molecule has 0 spiro atoms. The number of nitrogens with one attached hydrogen (secondary N) is 1. The monoisotopic (exact) mass is 349 g/mol. The Bertz CT molecular complexity index is 1040. The van der Waals surface area contributed by atoms with Crippen LogP contribution in [0.2, 0.25) is 0 Å². The highest BCUT2D eigenvalue weighted by Crippen LogP contribution is 2.27. The lowest BCUT2D eigenvalue weighted by Crippen LogP contribution is -2.12. The molecule has 2 aromatic heterocycles. The normalized spacial score (nSPS) is 10.9. The second-order valence-corrected chi connectivity index (χ2v) is 6.54. The molecule has 0 aliphatic heterocycles. The summed E-state index contributed by atoms with van der Waals surface area (Å²) in [5.41, 5.74) is 3.23. The molecule has 7 heteroatoms. The van der Waals surface area contributed by atoms with Crippen molar-refractivity contribution in [3.05, 3.63) is 66.0 Å². The summed E-state index contributed by atoms with van der Waals surface area (Å²) in [4.78, 5) is 16.8. The number of aryl methyl sites for hydroxylation is 1. The Hall–Kier alpha value is -3.06. The highest BCUT2D eigenvalue weighted by Gasteiger charge is 2.14. The molecule has 1 N–H and O–H groups in total. The van der Waals surface area contributed by atoms with Crippen molar-refractivity contribution in [1.29, 1.82) is 0 Å². The molecule has 0 unspecified atom stereocenters. The van der Waals surface area contributed by atoms with Crippen LogP contribution in [0.4, 0.5) is 5.13 Å². The highest BCUT2D eigenvalue weighted by molar-refractivity contribution is 7.22. The van der Waals surface area contributed by atoms with E-state index in [4.69, 9.17) is 0 Å². The average molecular weight is 349 g/mol. The quantitative estimate of drug-likeness (QED) is 0.610. The Balaban J connectivity index is 1.55.